The lowest BCUT2D eigenvalue weighted by molar-refractivity contribution is 0.168. The number of rotatable bonds is 5. The second-order valence-corrected chi connectivity index (χ2v) is 4.00. The van der Waals surface area contributed by atoms with Crippen molar-refractivity contribution in [1.29, 1.82) is 0 Å². The SMILES string of the molecule is CC(O)CC(C)NC(C)c1cnccn1. The van der Waals surface area contributed by atoms with Crippen molar-refractivity contribution >= 4 is 0 Å². The summed E-state index contributed by atoms with van der Waals surface area (Å²) in [7, 11) is 0. The average Bonchev–Trinajstić information content (AvgIpc) is 2.17. The molecule has 4 heteroatoms. The summed E-state index contributed by atoms with van der Waals surface area (Å²) in [6, 6.07) is 0.425. The topological polar surface area (TPSA) is 58.0 Å². The summed E-state index contributed by atoms with van der Waals surface area (Å²) < 4.78 is 0. The van der Waals surface area contributed by atoms with Gasteiger partial charge in [0.2, 0.25) is 0 Å². The fourth-order valence-corrected chi connectivity index (χ4v) is 1.63. The minimum atomic E-state index is -0.276. The predicted molar refractivity (Wildman–Crippen MR) is 59.3 cm³/mol. The Morgan fingerprint density at radius 3 is 2.60 bits per heavy atom. The molecule has 0 aliphatic carbocycles. The van der Waals surface area contributed by atoms with E-state index in [-0.39, 0.29) is 18.2 Å². The van der Waals surface area contributed by atoms with Gasteiger partial charge in [0.25, 0.3) is 0 Å². The van der Waals surface area contributed by atoms with Crippen LogP contribution in [0.4, 0.5) is 0 Å². The van der Waals surface area contributed by atoms with Gasteiger partial charge in [-0.25, -0.2) is 0 Å². The van der Waals surface area contributed by atoms with Gasteiger partial charge in [-0.15, -0.1) is 0 Å². The Hall–Kier alpha value is -1.00. The number of aromatic nitrogens is 2. The van der Waals surface area contributed by atoms with E-state index in [2.05, 4.69) is 22.2 Å². The fraction of sp³-hybridized carbons (Fsp3) is 0.636. The second kappa shape index (κ2) is 5.78. The number of aliphatic hydroxyl groups excluding tert-OH is 1. The molecule has 3 atom stereocenters. The normalized spacial score (nSPS) is 17.1. The first-order valence-electron chi connectivity index (χ1n) is 5.29. The molecule has 1 aromatic heterocycles. The van der Waals surface area contributed by atoms with Gasteiger partial charge in [-0.05, 0) is 27.2 Å². The molecule has 0 saturated heterocycles. The molecule has 4 nitrogen and oxygen atoms in total. The van der Waals surface area contributed by atoms with Gasteiger partial charge in [-0.2, -0.15) is 0 Å². The van der Waals surface area contributed by atoms with Crippen LogP contribution in [0.2, 0.25) is 0 Å². The molecular weight excluding hydrogens is 190 g/mol. The third-order valence-electron chi connectivity index (χ3n) is 2.26. The molecule has 1 rings (SSSR count). The van der Waals surface area contributed by atoms with Crippen molar-refractivity contribution in [3.63, 3.8) is 0 Å². The smallest absolute Gasteiger partial charge is 0.0753 e. The largest absolute Gasteiger partial charge is 0.393 e. The number of nitrogens with one attached hydrogen (secondary N) is 1. The van der Waals surface area contributed by atoms with E-state index in [4.69, 9.17) is 0 Å². The van der Waals surface area contributed by atoms with Crippen LogP contribution in [0.5, 0.6) is 0 Å². The molecule has 2 N–H and O–H groups in total. The van der Waals surface area contributed by atoms with Crippen LogP contribution in [0.25, 0.3) is 0 Å². The van der Waals surface area contributed by atoms with Crippen LogP contribution in [0.1, 0.15) is 38.9 Å². The van der Waals surface area contributed by atoms with Gasteiger partial charge in [0.15, 0.2) is 0 Å². The Bertz CT molecular complexity index is 276. The lowest BCUT2D eigenvalue weighted by Crippen LogP contribution is -2.31. The van der Waals surface area contributed by atoms with Crippen molar-refractivity contribution in [3.8, 4) is 0 Å². The van der Waals surface area contributed by atoms with Crippen molar-refractivity contribution in [2.45, 2.75) is 45.4 Å². The molecule has 0 bridgehead atoms. The summed E-state index contributed by atoms with van der Waals surface area (Å²) in [5.74, 6) is 0. The highest BCUT2D eigenvalue weighted by Gasteiger charge is 2.11. The summed E-state index contributed by atoms with van der Waals surface area (Å²) in [6.07, 6.45) is 5.57. The third-order valence-corrected chi connectivity index (χ3v) is 2.26. The summed E-state index contributed by atoms with van der Waals surface area (Å²) in [5, 5.41) is 12.6. The maximum Gasteiger partial charge on any atom is 0.0753 e. The van der Waals surface area contributed by atoms with Crippen LogP contribution in [-0.2, 0) is 0 Å². The minimum Gasteiger partial charge on any atom is -0.393 e. The van der Waals surface area contributed by atoms with Crippen LogP contribution >= 0.6 is 0 Å². The molecular formula is C11H19N3O. The molecule has 0 radical (unpaired) electrons. The zero-order valence-corrected chi connectivity index (χ0v) is 9.51. The van der Waals surface area contributed by atoms with Crippen molar-refractivity contribution in [2.24, 2.45) is 0 Å². The molecule has 0 aliphatic rings. The lowest BCUT2D eigenvalue weighted by atomic mass is 10.1. The van der Waals surface area contributed by atoms with E-state index >= 15 is 0 Å². The Balaban J connectivity index is 2.45. The van der Waals surface area contributed by atoms with Crippen molar-refractivity contribution < 1.29 is 5.11 Å². The quantitative estimate of drug-likeness (QED) is 0.767. The predicted octanol–water partition coefficient (Wildman–Crippen LogP) is 1.29. The molecule has 1 aromatic rings. The average molecular weight is 209 g/mol. The lowest BCUT2D eigenvalue weighted by Gasteiger charge is -2.20. The maximum absolute atomic E-state index is 9.24. The van der Waals surface area contributed by atoms with Crippen LogP contribution in [0.15, 0.2) is 18.6 Å². The van der Waals surface area contributed by atoms with Gasteiger partial charge in [0, 0.05) is 30.7 Å². The van der Waals surface area contributed by atoms with Gasteiger partial charge in [-0.3, -0.25) is 9.97 Å². The summed E-state index contributed by atoms with van der Waals surface area (Å²) in [5.41, 5.74) is 0.926. The van der Waals surface area contributed by atoms with E-state index in [1.165, 1.54) is 0 Å². The van der Waals surface area contributed by atoms with Crippen LogP contribution in [0.3, 0.4) is 0 Å². The number of aliphatic hydroxyl groups is 1. The van der Waals surface area contributed by atoms with E-state index in [0.29, 0.717) is 0 Å². The molecule has 0 amide bonds. The Morgan fingerprint density at radius 2 is 2.07 bits per heavy atom. The van der Waals surface area contributed by atoms with Crippen molar-refractivity contribution in [1.82, 2.24) is 15.3 Å². The van der Waals surface area contributed by atoms with Crippen LogP contribution in [0, 0.1) is 0 Å². The summed E-state index contributed by atoms with van der Waals surface area (Å²) >= 11 is 0. The summed E-state index contributed by atoms with van der Waals surface area (Å²) in [4.78, 5) is 8.25. The fourth-order valence-electron chi connectivity index (χ4n) is 1.63. The standard InChI is InChI=1S/C11H19N3O/c1-8(6-9(2)15)14-10(3)11-7-12-4-5-13-11/h4-5,7-10,14-15H,6H2,1-3H3. The Labute approximate surface area is 90.8 Å². The van der Waals surface area contributed by atoms with Gasteiger partial charge in [-0.1, -0.05) is 0 Å². The summed E-state index contributed by atoms with van der Waals surface area (Å²) in [6.45, 7) is 5.90. The number of nitrogens with zero attached hydrogens (tertiary/aromatic N) is 2. The molecule has 0 fully saturated rings. The Kier molecular flexibility index (Phi) is 4.65. The van der Waals surface area contributed by atoms with Crippen LogP contribution < -0.4 is 5.32 Å². The number of hydrogen-bond acceptors (Lipinski definition) is 4. The minimum absolute atomic E-state index is 0.160. The van der Waals surface area contributed by atoms with E-state index in [0.717, 1.165) is 12.1 Å². The molecule has 0 spiro atoms. The van der Waals surface area contributed by atoms with Gasteiger partial charge in [0.05, 0.1) is 11.8 Å². The maximum atomic E-state index is 9.24. The molecule has 0 saturated carbocycles. The highest BCUT2D eigenvalue weighted by molar-refractivity contribution is 5.00. The first-order chi connectivity index (χ1) is 7.09. The molecule has 0 aromatic carbocycles. The molecule has 0 aliphatic heterocycles. The van der Waals surface area contributed by atoms with E-state index in [1.807, 2.05) is 6.92 Å². The zero-order valence-electron chi connectivity index (χ0n) is 9.51. The van der Waals surface area contributed by atoms with E-state index in [9.17, 15) is 5.11 Å². The second-order valence-electron chi connectivity index (χ2n) is 4.00. The van der Waals surface area contributed by atoms with E-state index in [1.54, 1.807) is 25.5 Å². The van der Waals surface area contributed by atoms with E-state index < -0.39 is 0 Å². The van der Waals surface area contributed by atoms with Gasteiger partial charge < -0.3 is 10.4 Å². The van der Waals surface area contributed by atoms with Crippen LogP contribution in [-0.4, -0.2) is 27.2 Å². The highest BCUT2D eigenvalue weighted by Crippen LogP contribution is 2.09. The highest BCUT2D eigenvalue weighted by atomic mass is 16.3. The monoisotopic (exact) mass is 209 g/mol. The Morgan fingerprint density at radius 1 is 1.33 bits per heavy atom. The van der Waals surface area contributed by atoms with Gasteiger partial charge in [0.1, 0.15) is 0 Å². The molecule has 84 valence electrons. The first-order valence-corrected chi connectivity index (χ1v) is 5.29. The third kappa shape index (κ3) is 4.36. The van der Waals surface area contributed by atoms with Crippen molar-refractivity contribution in [2.75, 3.05) is 0 Å². The zero-order chi connectivity index (χ0) is 11.3. The molecule has 15 heavy (non-hydrogen) atoms. The molecule has 1 heterocycles. The first kappa shape index (κ1) is 12.1. The number of hydrogen-bond donors (Lipinski definition) is 2. The molecule has 3 unspecified atom stereocenters. The van der Waals surface area contributed by atoms with Gasteiger partial charge >= 0.3 is 0 Å². The van der Waals surface area contributed by atoms with Crippen molar-refractivity contribution in [3.05, 3.63) is 24.3 Å².